The summed E-state index contributed by atoms with van der Waals surface area (Å²) in [5, 5.41) is 3.52. The Hall–Kier alpha value is -1.22. The molecule has 0 aliphatic carbocycles. The third-order valence-electron chi connectivity index (χ3n) is 3.80. The number of hydrogen-bond acceptors (Lipinski definition) is 3. The summed E-state index contributed by atoms with van der Waals surface area (Å²) in [5.74, 6) is 2.18. The van der Waals surface area contributed by atoms with E-state index < -0.39 is 0 Å². The summed E-state index contributed by atoms with van der Waals surface area (Å²) in [6, 6.07) is 2.70. The first-order valence-corrected chi connectivity index (χ1v) is 6.89. The summed E-state index contributed by atoms with van der Waals surface area (Å²) in [5.41, 5.74) is 3.97. The first-order chi connectivity index (χ1) is 8.69. The molecule has 0 saturated heterocycles. The Bertz CT molecular complexity index is 470. The van der Waals surface area contributed by atoms with Crippen LogP contribution >= 0.6 is 0 Å². The smallest absolute Gasteiger partial charge is 0.128 e. The molecule has 1 N–H and O–H groups in total. The summed E-state index contributed by atoms with van der Waals surface area (Å²) in [4.78, 5) is 0. The van der Waals surface area contributed by atoms with Crippen molar-refractivity contribution in [2.45, 2.75) is 52.3 Å². The molecule has 0 saturated carbocycles. The average Bonchev–Trinajstić information content (AvgIpc) is 2.70. The number of ether oxygens (including phenoxy) is 2. The minimum absolute atomic E-state index is 0.292. The molecule has 0 amide bonds. The molecule has 3 rings (SSSR count). The van der Waals surface area contributed by atoms with Gasteiger partial charge in [-0.15, -0.1) is 0 Å². The molecule has 98 valence electrons. The van der Waals surface area contributed by atoms with Crippen LogP contribution < -0.4 is 14.8 Å². The number of benzene rings is 1. The van der Waals surface area contributed by atoms with Gasteiger partial charge in [0.1, 0.15) is 17.6 Å². The SMILES string of the molecule is CCOc1cc2c(c3c1CC(C)NC3)OC(C)C2. The molecule has 3 heteroatoms. The first-order valence-electron chi connectivity index (χ1n) is 6.89. The lowest BCUT2D eigenvalue weighted by molar-refractivity contribution is 0.250. The first kappa shape index (κ1) is 11.8. The molecule has 18 heavy (non-hydrogen) atoms. The predicted octanol–water partition coefficient (Wildman–Crippen LogP) is 2.44. The second kappa shape index (κ2) is 4.47. The summed E-state index contributed by atoms with van der Waals surface area (Å²) < 4.78 is 11.8. The molecule has 0 bridgehead atoms. The molecule has 2 atom stereocenters. The summed E-state index contributed by atoms with van der Waals surface area (Å²) in [7, 11) is 0. The Kier molecular flexibility index (Phi) is 2.94. The van der Waals surface area contributed by atoms with Gasteiger partial charge in [-0.1, -0.05) is 0 Å². The van der Waals surface area contributed by atoms with E-state index >= 15 is 0 Å². The highest BCUT2D eigenvalue weighted by Crippen LogP contribution is 2.41. The number of rotatable bonds is 2. The van der Waals surface area contributed by atoms with Crippen molar-refractivity contribution in [3.05, 3.63) is 22.8 Å². The largest absolute Gasteiger partial charge is 0.494 e. The van der Waals surface area contributed by atoms with Crippen LogP contribution in [0, 0.1) is 0 Å². The third kappa shape index (κ3) is 1.87. The fourth-order valence-corrected chi connectivity index (χ4v) is 2.99. The highest BCUT2D eigenvalue weighted by molar-refractivity contribution is 5.56. The zero-order valence-corrected chi connectivity index (χ0v) is 11.4. The van der Waals surface area contributed by atoms with Gasteiger partial charge < -0.3 is 14.8 Å². The molecule has 3 nitrogen and oxygen atoms in total. The van der Waals surface area contributed by atoms with Gasteiger partial charge in [-0.25, -0.2) is 0 Å². The quantitative estimate of drug-likeness (QED) is 0.870. The fourth-order valence-electron chi connectivity index (χ4n) is 2.99. The van der Waals surface area contributed by atoms with Crippen molar-refractivity contribution < 1.29 is 9.47 Å². The van der Waals surface area contributed by atoms with Crippen LogP contribution in [0.15, 0.2) is 6.07 Å². The second-order valence-corrected chi connectivity index (χ2v) is 5.37. The standard InChI is InChI=1S/C15H21NO2/c1-4-17-14-7-11-6-10(3)18-15(11)13-8-16-9(2)5-12(13)14/h7,9-10,16H,4-6,8H2,1-3H3. The molecule has 2 unspecified atom stereocenters. The van der Waals surface area contributed by atoms with E-state index in [0.717, 1.165) is 37.5 Å². The summed E-state index contributed by atoms with van der Waals surface area (Å²) in [6.07, 6.45) is 2.31. The highest BCUT2D eigenvalue weighted by Gasteiger charge is 2.29. The van der Waals surface area contributed by atoms with Crippen molar-refractivity contribution in [2.75, 3.05) is 6.61 Å². The van der Waals surface area contributed by atoms with E-state index in [0.29, 0.717) is 12.1 Å². The van der Waals surface area contributed by atoms with Crippen LogP contribution in [0.4, 0.5) is 0 Å². The number of fused-ring (bicyclic) bond motifs is 3. The molecule has 1 aromatic carbocycles. The van der Waals surface area contributed by atoms with Crippen LogP contribution in [0.5, 0.6) is 11.5 Å². The highest BCUT2D eigenvalue weighted by atomic mass is 16.5. The molecule has 1 aromatic rings. The fraction of sp³-hybridized carbons (Fsp3) is 0.600. The van der Waals surface area contributed by atoms with Crippen molar-refractivity contribution in [1.29, 1.82) is 0 Å². The van der Waals surface area contributed by atoms with Crippen LogP contribution in [-0.4, -0.2) is 18.8 Å². The van der Waals surface area contributed by atoms with Gasteiger partial charge in [-0.05, 0) is 33.3 Å². The lowest BCUT2D eigenvalue weighted by Gasteiger charge is -2.27. The molecular formula is C15H21NO2. The van der Waals surface area contributed by atoms with Crippen LogP contribution in [0.2, 0.25) is 0 Å². The normalized spacial score (nSPS) is 25.3. The van der Waals surface area contributed by atoms with Gasteiger partial charge in [0.2, 0.25) is 0 Å². The minimum atomic E-state index is 0.292. The molecule has 0 aromatic heterocycles. The van der Waals surface area contributed by atoms with Gasteiger partial charge in [0.05, 0.1) is 6.61 Å². The second-order valence-electron chi connectivity index (χ2n) is 5.37. The van der Waals surface area contributed by atoms with E-state index in [-0.39, 0.29) is 0 Å². The van der Waals surface area contributed by atoms with Crippen LogP contribution in [0.3, 0.4) is 0 Å². The molecule has 0 spiro atoms. The Morgan fingerprint density at radius 1 is 1.33 bits per heavy atom. The van der Waals surface area contributed by atoms with Crippen LogP contribution in [-0.2, 0) is 19.4 Å². The van der Waals surface area contributed by atoms with E-state index in [2.05, 4.69) is 25.2 Å². The van der Waals surface area contributed by atoms with E-state index in [1.165, 1.54) is 16.7 Å². The average molecular weight is 247 g/mol. The molecule has 2 aliphatic rings. The topological polar surface area (TPSA) is 30.5 Å². The Morgan fingerprint density at radius 3 is 2.94 bits per heavy atom. The van der Waals surface area contributed by atoms with E-state index in [1.54, 1.807) is 0 Å². The Labute approximate surface area is 108 Å². The van der Waals surface area contributed by atoms with Crippen LogP contribution in [0.25, 0.3) is 0 Å². The van der Waals surface area contributed by atoms with E-state index in [4.69, 9.17) is 9.47 Å². The molecular weight excluding hydrogens is 226 g/mol. The van der Waals surface area contributed by atoms with E-state index in [1.807, 2.05) is 6.92 Å². The van der Waals surface area contributed by atoms with Gasteiger partial charge in [-0.3, -0.25) is 0 Å². The predicted molar refractivity (Wildman–Crippen MR) is 71.4 cm³/mol. The third-order valence-corrected chi connectivity index (χ3v) is 3.80. The molecule has 0 fully saturated rings. The van der Waals surface area contributed by atoms with Gasteiger partial charge in [0, 0.05) is 35.7 Å². The van der Waals surface area contributed by atoms with Crippen molar-refractivity contribution in [3.8, 4) is 11.5 Å². The zero-order chi connectivity index (χ0) is 12.7. The molecule has 2 aliphatic heterocycles. The lowest BCUT2D eigenvalue weighted by Crippen LogP contribution is -2.33. The van der Waals surface area contributed by atoms with Crippen molar-refractivity contribution >= 4 is 0 Å². The number of nitrogens with one attached hydrogen (secondary N) is 1. The van der Waals surface area contributed by atoms with Gasteiger partial charge in [0.15, 0.2) is 0 Å². The zero-order valence-electron chi connectivity index (χ0n) is 11.4. The van der Waals surface area contributed by atoms with Crippen LogP contribution in [0.1, 0.15) is 37.5 Å². The monoisotopic (exact) mass is 247 g/mol. The van der Waals surface area contributed by atoms with Crippen molar-refractivity contribution in [2.24, 2.45) is 0 Å². The Balaban J connectivity index is 2.09. The van der Waals surface area contributed by atoms with Gasteiger partial charge >= 0.3 is 0 Å². The minimum Gasteiger partial charge on any atom is -0.494 e. The molecule has 0 radical (unpaired) electrons. The summed E-state index contributed by atoms with van der Waals surface area (Å²) in [6.45, 7) is 8.01. The maximum atomic E-state index is 5.98. The Morgan fingerprint density at radius 2 is 2.17 bits per heavy atom. The lowest BCUT2D eigenvalue weighted by atomic mass is 9.92. The molecule has 2 heterocycles. The van der Waals surface area contributed by atoms with Crippen molar-refractivity contribution in [3.63, 3.8) is 0 Å². The maximum absolute atomic E-state index is 5.98. The number of hydrogen-bond donors (Lipinski definition) is 1. The van der Waals surface area contributed by atoms with Crippen molar-refractivity contribution in [1.82, 2.24) is 5.32 Å². The van der Waals surface area contributed by atoms with Gasteiger partial charge in [-0.2, -0.15) is 0 Å². The van der Waals surface area contributed by atoms with E-state index in [9.17, 15) is 0 Å². The summed E-state index contributed by atoms with van der Waals surface area (Å²) >= 11 is 0. The van der Waals surface area contributed by atoms with Gasteiger partial charge in [0.25, 0.3) is 0 Å². The maximum Gasteiger partial charge on any atom is 0.128 e.